The highest BCUT2D eigenvalue weighted by Crippen LogP contribution is 2.68. The number of fused-ring (bicyclic) bond motifs is 5. The standard InChI is InChI=1S/C27H35NO3/c1-26-13-11-19(29)14-17(26)15-21(30)23-20-6-5-12-27(20,2)25(31)22(24(23)26)16-7-9-18(10-8-16)28(3)4/h7-10,14,20,22-25,31H,5-6,11-13,15H2,1-4H3/t20-,22+,23+,24+,25-,26-,27+/m0/s1. The van der Waals surface area contributed by atoms with Crippen molar-refractivity contribution in [3.8, 4) is 0 Å². The highest BCUT2D eigenvalue weighted by Gasteiger charge is 2.65. The summed E-state index contributed by atoms with van der Waals surface area (Å²) in [5.41, 5.74) is 2.85. The molecule has 4 nitrogen and oxygen atoms in total. The van der Waals surface area contributed by atoms with Gasteiger partial charge in [0.2, 0.25) is 0 Å². The summed E-state index contributed by atoms with van der Waals surface area (Å²) in [5.74, 6) is 0.616. The quantitative estimate of drug-likeness (QED) is 0.763. The molecule has 3 fully saturated rings. The molecular weight excluding hydrogens is 386 g/mol. The fourth-order valence-electron chi connectivity index (χ4n) is 7.77. The first-order valence-corrected chi connectivity index (χ1v) is 11.9. The van der Waals surface area contributed by atoms with E-state index in [1.54, 1.807) is 6.08 Å². The molecule has 5 rings (SSSR count). The fourth-order valence-corrected chi connectivity index (χ4v) is 7.77. The van der Waals surface area contributed by atoms with Gasteiger partial charge in [-0.3, -0.25) is 9.59 Å². The molecule has 0 amide bonds. The van der Waals surface area contributed by atoms with E-state index in [1.165, 1.54) is 0 Å². The van der Waals surface area contributed by atoms with Gasteiger partial charge in [0, 0.05) is 44.5 Å². The first-order chi connectivity index (χ1) is 14.7. The van der Waals surface area contributed by atoms with Crippen molar-refractivity contribution >= 4 is 17.3 Å². The van der Waals surface area contributed by atoms with E-state index in [0.29, 0.717) is 18.6 Å². The second kappa shape index (κ2) is 7.03. The molecule has 7 atom stereocenters. The van der Waals surface area contributed by atoms with Crippen LogP contribution in [0.1, 0.15) is 63.9 Å². The van der Waals surface area contributed by atoms with Crippen LogP contribution in [0.5, 0.6) is 0 Å². The van der Waals surface area contributed by atoms with E-state index in [9.17, 15) is 14.7 Å². The number of benzene rings is 1. The van der Waals surface area contributed by atoms with Crippen molar-refractivity contribution in [1.82, 2.24) is 0 Å². The number of aliphatic hydroxyl groups is 1. The number of allylic oxidation sites excluding steroid dienone is 1. The zero-order valence-corrected chi connectivity index (χ0v) is 19.2. The first-order valence-electron chi connectivity index (χ1n) is 11.9. The number of carbonyl (C=O) groups is 2. The number of carbonyl (C=O) groups excluding carboxylic acids is 2. The van der Waals surface area contributed by atoms with Gasteiger partial charge in [0.05, 0.1) is 6.10 Å². The zero-order valence-electron chi connectivity index (χ0n) is 19.2. The normalized spacial score (nSPS) is 41.8. The minimum absolute atomic E-state index is 0.0234. The smallest absolute Gasteiger partial charge is 0.155 e. The van der Waals surface area contributed by atoms with Gasteiger partial charge in [0.1, 0.15) is 5.78 Å². The maximum absolute atomic E-state index is 13.6. The van der Waals surface area contributed by atoms with Crippen LogP contribution in [0.4, 0.5) is 5.69 Å². The molecule has 4 heteroatoms. The van der Waals surface area contributed by atoms with E-state index in [-0.39, 0.29) is 40.3 Å². The number of rotatable bonds is 2. The predicted octanol–water partition coefficient (Wildman–Crippen LogP) is 4.52. The van der Waals surface area contributed by atoms with Crippen molar-refractivity contribution in [3.63, 3.8) is 0 Å². The Labute approximate surface area is 185 Å². The van der Waals surface area contributed by atoms with Gasteiger partial charge < -0.3 is 10.0 Å². The predicted molar refractivity (Wildman–Crippen MR) is 122 cm³/mol. The third kappa shape index (κ3) is 2.90. The van der Waals surface area contributed by atoms with Crippen LogP contribution < -0.4 is 4.90 Å². The molecule has 0 aliphatic heterocycles. The Morgan fingerprint density at radius 1 is 1.03 bits per heavy atom. The van der Waals surface area contributed by atoms with Crippen LogP contribution in [0.3, 0.4) is 0 Å². The van der Waals surface area contributed by atoms with Gasteiger partial charge in [-0.25, -0.2) is 0 Å². The minimum atomic E-state index is -0.479. The maximum Gasteiger partial charge on any atom is 0.155 e. The number of aliphatic hydroxyl groups excluding tert-OH is 1. The van der Waals surface area contributed by atoms with Crippen LogP contribution in [0.25, 0.3) is 0 Å². The lowest BCUT2D eigenvalue weighted by Gasteiger charge is -2.61. The summed E-state index contributed by atoms with van der Waals surface area (Å²) in [6.07, 6.45) is 6.13. The number of anilines is 1. The van der Waals surface area contributed by atoms with Gasteiger partial charge in [-0.15, -0.1) is 0 Å². The molecule has 0 radical (unpaired) electrons. The molecule has 4 aliphatic carbocycles. The Kier molecular flexibility index (Phi) is 4.75. The maximum atomic E-state index is 13.6. The third-order valence-corrected chi connectivity index (χ3v) is 9.53. The van der Waals surface area contributed by atoms with Crippen molar-refractivity contribution < 1.29 is 14.7 Å². The SMILES string of the molecule is CN(C)c1ccc([C@@H]2[C@@H]3[C@@H](C(=O)CC4=CC(=O)CC[C@@]43C)[C@@H]3CCC[C@@]3(C)[C@H]2O)cc1. The van der Waals surface area contributed by atoms with Crippen molar-refractivity contribution in [2.45, 2.75) is 64.4 Å². The third-order valence-electron chi connectivity index (χ3n) is 9.53. The molecule has 0 aromatic heterocycles. The number of Topliss-reactive ketones (excluding diaryl/α,β-unsaturated/α-hetero) is 1. The summed E-state index contributed by atoms with van der Waals surface area (Å²) in [7, 11) is 4.06. The van der Waals surface area contributed by atoms with Crippen LogP contribution in [0.2, 0.25) is 0 Å². The van der Waals surface area contributed by atoms with Crippen LogP contribution >= 0.6 is 0 Å². The molecule has 0 bridgehead atoms. The van der Waals surface area contributed by atoms with E-state index in [4.69, 9.17) is 0 Å². The first kappa shape index (κ1) is 20.9. The van der Waals surface area contributed by atoms with Crippen LogP contribution in [-0.2, 0) is 9.59 Å². The topological polar surface area (TPSA) is 57.6 Å². The molecule has 3 saturated carbocycles. The molecule has 0 saturated heterocycles. The molecular formula is C27H35NO3. The second-order valence-electron chi connectivity index (χ2n) is 11.2. The molecule has 4 aliphatic rings. The van der Waals surface area contributed by atoms with Gasteiger partial charge in [-0.2, -0.15) is 0 Å². The summed E-state index contributed by atoms with van der Waals surface area (Å²) in [5, 5.41) is 11.9. The molecule has 31 heavy (non-hydrogen) atoms. The largest absolute Gasteiger partial charge is 0.392 e. The molecule has 1 aromatic carbocycles. The molecule has 0 unspecified atom stereocenters. The Bertz CT molecular complexity index is 948. The Balaban J connectivity index is 1.68. The lowest BCUT2D eigenvalue weighted by Crippen LogP contribution is -2.61. The summed E-state index contributed by atoms with van der Waals surface area (Å²) >= 11 is 0. The van der Waals surface area contributed by atoms with Gasteiger partial charge in [-0.05, 0) is 65.7 Å². The fraction of sp³-hybridized carbons (Fsp3) is 0.630. The summed E-state index contributed by atoms with van der Waals surface area (Å²) in [4.78, 5) is 27.9. The van der Waals surface area contributed by atoms with Crippen molar-refractivity contribution in [1.29, 1.82) is 0 Å². The Hall–Kier alpha value is -1.94. The summed E-state index contributed by atoms with van der Waals surface area (Å²) in [6, 6.07) is 8.54. The van der Waals surface area contributed by atoms with Gasteiger partial charge in [-0.1, -0.05) is 38.0 Å². The average Bonchev–Trinajstić information content (AvgIpc) is 3.13. The van der Waals surface area contributed by atoms with E-state index in [0.717, 1.165) is 42.5 Å². The molecule has 0 heterocycles. The summed E-state index contributed by atoms with van der Waals surface area (Å²) < 4.78 is 0. The molecule has 1 N–H and O–H groups in total. The second-order valence-corrected chi connectivity index (χ2v) is 11.2. The average molecular weight is 422 g/mol. The van der Waals surface area contributed by atoms with Gasteiger partial charge >= 0.3 is 0 Å². The minimum Gasteiger partial charge on any atom is -0.392 e. The van der Waals surface area contributed by atoms with E-state index < -0.39 is 6.10 Å². The lowest BCUT2D eigenvalue weighted by atomic mass is 9.43. The molecule has 1 aromatic rings. The zero-order chi connectivity index (χ0) is 22.1. The molecule has 0 spiro atoms. The molecule has 166 valence electrons. The van der Waals surface area contributed by atoms with E-state index in [1.807, 2.05) is 14.1 Å². The van der Waals surface area contributed by atoms with Gasteiger partial charge in [0.25, 0.3) is 0 Å². The lowest BCUT2D eigenvalue weighted by molar-refractivity contribution is -0.158. The number of hydrogen-bond acceptors (Lipinski definition) is 4. The monoisotopic (exact) mass is 421 g/mol. The summed E-state index contributed by atoms with van der Waals surface area (Å²) in [6.45, 7) is 4.49. The number of nitrogens with zero attached hydrogens (tertiary/aromatic N) is 1. The Morgan fingerprint density at radius 3 is 2.42 bits per heavy atom. The van der Waals surface area contributed by atoms with Crippen molar-refractivity contribution in [3.05, 3.63) is 41.5 Å². The van der Waals surface area contributed by atoms with Crippen LogP contribution in [0, 0.1) is 28.6 Å². The van der Waals surface area contributed by atoms with Crippen molar-refractivity contribution in [2.75, 3.05) is 19.0 Å². The highest BCUT2D eigenvalue weighted by molar-refractivity contribution is 5.95. The van der Waals surface area contributed by atoms with Crippen LogP contribution in [0.15, 0.2) is 35.9 Å². The number of ketones is 2. The van der Waals surface area contributed by atoms with Crippen LogP contribution in [-0.4, -0.2) is 36.9 Å². The highest BCUT2D eigenvalue weighted by atomic mass is 16.3. The van der Waals surface area contributed by atoms with Crippen molar-refractivity contribution in [2.24, 2.45) is 28.6 Å². The van der Waals surface area contributed by atoms with Gasteiger partial charge in [0.15, 0.2) is 5.78 Å². The van der Waals surface area contributed by atoms with E-state index in [2.05, 4.69) is 43.0 Å². The van der Waals surface area contributed by atoms with E-state index >= 15 is 0 Å². The Morgan fingerprint density at radius 2 is 1.74 bits per heavy atom. The number of hydrogen-bond donors (Lipinski definition) is 1.